The Balaban J connectivity index is 1.49. The average Bonchev–Trinajstić information content (AvgIpc) is 3.54. The SMILES string of the molecule is CCCCc1ccc(NC(=O)CSC2=C(C#N)[C@@H](c3ccco3)C(C(=O)Nc3ccc(C(=O)OCC)cc3)=C(C)N2)cc1. The van der Waals surface area contributed by atoms with Gasteiger partial charge in [-0.1, -0.05) is 37.2 Å². The fourth-order valence-electron chi connectivity index (χ4n) is 4.64. The molecular formula is C33H34N4O5S. The summed E-state index contributed by atoms with van der Waals surface area (Å²) in [5.41, 5.74) is 3.85. The van der Waals surface area contributed by atoms with E-state index in [0.717, 1.165) is 19.3 Å². The van der Waals surface area contributed by atoms with Crippen molar-refractivity contribution >= 4 is 40.9 Å². The summed E-state index contributed by atoms with van der Waals surface area (Å²) in [4.78, 5) is 38.3. The summed E-state index contributed by atoms with van der Waals surface area (Å²) in [6, 6.07) is 19.8. The van der Waals surface area contributed by atoms with Crippen LogP contribution in [0.15, 0.2) is 93.2 Å². The van der Waals surface area contributed by atoms with Crippen molar-refractivity contribution in [3.8, 4) is 6.07 Å². The zero-order valence-corrected chi connectivity index (χ0v) is 25.2. The number of nitrogens with one attached hydrogen (secondary N) is 3. The Morgan fingerprint density at radius 1 is 1.02 bits per heavy atom. The van der Waals surface area contributed by atoms with Gasteiger partial charge in [0.2, 0.25) is 5.91 Å². The number of hydrogen-bond acceptors (Lipinski definition) is 8. The van der Waals surface area contributed by atoms with Crippen LogP contribution in [0.25, 0.3) is 0 Å². The van der Waals surface area contributed by atoms with Crippen molar-refractivity contribution in [3.63, 3.8) is 0 Å². The molecule has 9 nitrogen and oxygen atoms in total. The highest BCUT2D eigenvalue weighted by atomic mass is 32.2. The molecule has 1 aliphatic rings. The number of nitriles is 1. The minimum absolute atomic E-state index is 0.0532. The lowest BCUT2D eigenvalue weighted by Crippen LogP contribution is -2.31. The number of carbonyl (C=O) groups is 3. The highest BCUT2D eigenvalue weighted by Crippen LogP contribution is 2.41. The van der Waals surface area contributed by atoms with Gasteiger partial charge in [0.1, 0.15) is 5.76 Å². The molecule has 0 radical (unpaired) electrons. The van der Waals surface area contributed by atoms with Crippen LogP contribution >= 0.6 is 11.8 Å². The Kier molecular flexibility index (Phi) is 10.8. The van der Waals surface area contributed by atoms with Gasteiger partial charge in [-0.2, -0.15) is 5.26 Å². The van der Waals surface area contributed by atoms with Gasteiger partial charge in [-0.05, 0) is 80.8 Å². The van der Waals surface area contributed by atoms with Crippen molar-refractivity contribution in [2.24, 2.45) is 0 Å². The summed E-state index contributed by atoms with van der Waals surface area (Å²) in [5.74, 6) is -1.42. The largest absolute Gasteiger partial charge is 0.468 e. The van der Waals surface area contributed by atoms with E-state index >= 15 is 0 Å². The number of furan rings is 1. The van der Waals surface area contributed by atoms with Gasteiger partial charge in [0.15, 0.2) is 0 Å². The number of esters is 1. The summed E-state index contributed by atoms with van der Waals surface area (Å²) in [6.07, 6.45) is 4.73. The van der Waals surface area contributed by atoms with E-state index in [1.54, 1.807) is 50.2 Å². The number of allylic oxidation sites excluding steroid dienone is 2. The quantitative estimate of drug-likeness (QED) is 0.201. The third kappa shape index (κ3) is 7.96. The Hall–Kier alpha value is -4.75. The maximum absolute atomic E-state index is 13.6. The van der Waals surface area contributed by atoms with E-state index in [2.05, 4.69) is 28.9 Å². The molecule has 222 valence electrons. The van der Waals surface area contributed by atoms with E-state index < -0.39 is 17.8 Å². The molecule has 2 heterocycles. The van der Waals surface area contributed by atoms with Gasteiger partial charge in [0.25, 0.3) is 5.91 Å². The average molecular weight is 599 g/mol. The fraction of sp³-hybridized carbons (Fsp3) is 0.273. The minimum Gasteiger partial charge on any atom is -0.468 e. The number of nitrogens with zero attached hydrogens (tertiary/aromatic N) is 1. The molecule has 4 rings (SSSR count). The van der Waals surface area contributed by atoms with E-state index in [-0.39, 0.29) is 23.8 Å². The van der Waals surface area contributed by atoms with Crippen LogP contribution in [-0.4, -0.2) is 30.1 Å². The molecule has 1 aromatic heterocycles. The van der Waals surface area contributed by atoms with E-state index in [9.17, 15) is 19.6 Å². The van der Waals surface area contributed by atoms with Crippen LogP contribution in [0.3, 0.4) is 0 Å². The summed E-state index contributed by atoms with van der Waals surface area (Å²) >= 11 is 1.19. The maximum Gasteiger partial charge on any atom is 0.338 e. The van der Waals surface area contributed by atoms with Crippen molar-refractivity contribution in [3.05, 3.63) is 106 Å². The number of unbranched alkanes of at least 4 members (excludes halogenated alkanes) is 1. The van der Waals surface area contributed by atoms with Gasteiger partial charge in [-0.15, -0.1) is 0 Å². The number of dihydropyridines is 1. The number of rotatable bonds is 12. The molecule has 0 unspecified atom stereocenters. The zero-order valence-electron chi connectivity index (χ0n) is 24.4. The zero-order chi connectivity index (χ0) is 30.8. The lowest BCUT2D eigenvalue weighted by Gasteiger charge is -2.28. The summed E-state index contributed by atoms with van der Waals surface area (Å²) in [6.45, 7) is 5.88. The molecule has 1 atom stereocenters. The molecule has 3 N–H and O–H groups in total. The van der Waals surface area contributed by atoms with E-state index in [1.165, 1.54) is 23.6 Å². The first kappa shape index (κ1) is 31.2. The molecule has 0 spiro atoms. The van der Waals surface area contributed by atoms with Gasteiger partial charge in [-0.25, -0.2) is 4.79 Å². The van der Waals surface area contributed by atoms with Crippen molar-refractivity contribution in [1.82, 2.24) is 5.32 Å². The Labute approximate surface area is 255 Å². The third-order valence-electron chi connectivity index (χ3n) is 6.78. The number of aryl methyl sites for hydroxylation is 1. The van der Waals surface area contributed by atoms with Crippen LogP contribution in [0.5, 0.6) is 0 Å². The first-order chi connectivity index (χ1) is 20.8. The van der Waals surface area contributed by atoms with Gasteiger partial charge < -0.3 is 25.1 Å². The number of ether oxygens (including phenoxy) is 1. The first-order valence-corrected chi connectivity index (χ1v) is 15.1. The van der Waals surface area contributed by atoms with Crippen LogP contribution in [0.4, 0.5) is 11.4 Å². The smallest absolute Gasteiger partial charge is 0.338 e. The molecule has 0 saturated carbocycles. The van der Waals surface area contributed by atoms with Crippen LogP contribution in [-0.2, 0) is 20.7 Å². The van der Waals surface area contributed by atoms with E-state index in [0.29, 0.717) is 39.0 Å². The molecule has 0 aliphatic carbocycles. The lowest BCUT2D eigenvalue weighted by atomic mass is 9.85. The molecule has 10 heteroatoms. The number of benzene rings is 2. The second-order valence-electron chi connectivity index (χ2n) is 9.86. The van der Waals surface area contributed by atoms with Gasteiger partial charge in [0.05, 0.1) is 52.3 Å². The highest BCUT2D eigenvalue weighted by Gasteiger charge is 2.36. The van der Waals surface area contributed by atoms with Crippen molar-refractivity contribution < 1.29 is 23.5 Å². The summed E-state index contributed by atoms with van der Waals surface area (Å²) < 4.78 is 10.7. The molecule has 2 aromatic carbocycles. The second-order valence-corrected chi connectivity index (χ2v) is 10.8. The monoisotopic (exact) mass is 598 g/mol. The molecule has 2 amide bonds. The molecule has 0 bridgehead atoms. The number of carbonyl (C=O) groups excluding carboxylic acids is 3. The Morgan fingerprint density at radius 2 is 1.72 bits per heavy atom. The summed E-state index contributed by atoms with van der Waals surface area (Å²) in [5, 5.41) is 19.6. The molecule has 3 aromatic rings. The van der Waals surface area contributed by atoms with Crippen LogP contribution < -0.4 is 16.0 Å². The number of hydrogen-bond donors (Lipinski definition) is 3. The first-order valence-electron chi connectivity index (χ1n) is 14.1. The number of anilines is 2. The van der Waals surface area contributed by atoms with Gasteiger partial charge >= 0.3 is 5.97 Å². The fourth-order valence-corrected chi connectivity index (χ4v) is 5.53. The standard InChI is InChI=1S/C33H34N4O5S/c1-4-6-8-22-10-14-24(15-11-22)36-28(38)20-43-32-26(19-34)30(27-9-7-18-42-27)29(21(3)35-32)31(39)37-25-16-12-23(13-17-25)33(40)41-5-2/h7,9-18,30,35H,4-6,8,20H2,1-3H3,(H,36,38)(H,37,39)/t30-/m0/s1. The normalized spacial score (nSPS) is 14.5. The molecule has 1 aliphatic heterocycles. The van der Waals surface area contributed by atoms with Crippen molar-refractivity contribution in [2.75, 3.05) is 23.0 Å². The van der Waals surface area contributed by atoms with E-state index in [4.69, 9.17) is 9.15 Å². The summed E-state index contributed by atoms with van der Waals surface area (Å²) in [7, 11) is 0. The molecule has 0 fully saturated rings. The van der Waals surface area contributed by atoms with Crippen molar-refractivity contribution in [1.29, 1.82) is 5.26 Å². The lowest BCUT2D eigenvalue weighted by molar-refractivity contribution is -0.114. The van der Waals surface area contributed by atoms with Gasteiger partial charge in [-0.3, -0.25) is 9.59 Å². The number of thioether (sulfide) groups is 1. The Morgan fingerprint density at radius 3 is 2.35 bits per heavy atom. The topological polar surface area (TPSA) is 133 Å². The highest BCUT2D eigenvalue weighted by molar-refractivity contribution is 8.03. The van der Waals surface area contributed by atoms with Crippen LogP contribution in [0.2, 0.25) is 0 Å². The minimum atomic E-state index is -0.790. The second kappa shape index (κ2) is 14.9. The van der Waals surface area contributed by atoms with Gasteiger partial charge in [0, 0.05) is 17.1 Å². The molecular weight excluding hydrogens is 564 g/mol. The third-order valence-corrected chi connectivity index (χ3v) is 7.80. The van der Waals surface area contributed by atoms with Crippen LogP contribution in [0.1, 0.15) is 61.2 Å². The maximum atomic E-state index is 13.6. The Bertz CT molecular complexity index is 1550. The van der Waals surface area contributed by atoms with Crippen LogP contribution in [0, 0.1) is 11.3 Å². The van der Waals surface area contributed by atoms with E-state index in [1.807, 2.05) is 24.3 Å². The van der Waals surface area contributed by atoms with Crippen molar-refractivity contribution in [2.45, 2.75) is 46.0 Å². The number of amides is 2. The predicted octanol–water partition coefficient (Wildman–Crippen LogP) is 6.51. The molecule has 0 saturated heterocycles. The molecule has 43 heavy (non-hydrogen) atoms. The predicted molar refractivity (Wildman–Crippen MR) is 167 cm³/mol.